The fraction of sp³-hybridized carbons (Fsp3) is 0.733. The molecule has 2 rings (SSSR count). The van der Waals surface area contributed by atoms with Gasteiger partial charge in [0.1, 0.15) is 18.0 Å². The van der Waals surface area contributed by atoms with Crippen LogP contribution in [0.3, 0.4) is 0 Å². The first-order valence-corrected chi connectivity index (χ1v) is 7.22. The molecule has 4 nitrogen and oxygen atoms in total. The van der Waals surface area contributed by atoms with E-state index in [1.54, 1.807) is 6.33 Å². The van der Waals surface area contributed by atoms with Crippen LogP contribution in [0.5, 0.6) is 0 Å². The molecule has 106 valence electrons. The Morgan fingerprint density at radius 3 is 2.47 bits per heavy atom. The van der Waals surface area contributed by atoms with Crippen LogP contribution >= 0.6 is 0 Å². The van der Waals surface area contributed by atoms with Crippen LogP contribution in [0.15, 0.2) is 6.33 Å². The molecule has 0 spiro atoms. The van der Waals surface area contributed by atoms with E-state index < -0.39 is 0 Å². The molecule has 1 aromatic heterocycles. The number of nitrogens with one attached hydrogen (secondary N) is 2. The van der Waals surface area contributed by atoms with Gasteiger partial charge in [-0.25, -0.2) is 9.97 Å². The largest absolute Gasteiger partial charge is 0.373 e. The number of nitrogens with zero attached hydrogens (tertiary/aromatic N) is 2. The highest BCUT2D eigenvalue weighted by atomic mass is 15.1. The summed E-state index contributed by atoms with van der Waals surface area (Å²) < 4.78 is 0. The molecule has 0 bridgehead atoms. The van der Waals surface area contributed by atoms with Crippen molar-refractivity contribution in [2.24, 2.45) is 5.41 Å². The zero-order valence-electron chi connectivity index (χ0n) is 12.7. The third kappa shape index (κ3) is 3.17. The Labute approximate surface area is 116 Å². The molecular formula is C15H26N4. The van der Waals surface area contributed by atoms with E-state index in [1.807, 2.05) is 7.05 Å². The molecule has 0 aliphatic heterocycles. The molecule has 1 fully saturated rings. The van der Waals surface area contributed by atoms with Crippen LogP contribution in [0.1, 0.15) is 58.4 Å². The summed E-state index contributed by atoms with van der Waals surface area (Å²) in [6.45, 7) is 9.06. The third-order valence-electron chi connectivity index (χ3n) is 4.01. The van der Waals surface area contributed by atoms with E-state index in [0.717, 1.165) is 11.6 Å². The van der Waals surface area contributed by atoms with Crippen LogP contribution in [0, 0.1) is 5.41 Å². The Hall–Kier alpha value is -1.32. The minimum absolute atomic E-state index is 0.403. The van der Waals surface area contributed by atoms with Crippen molar-refractivity contribution in [1.29, 1.82) is 0 Å². The molecule has 1 atom stereocenters. The summed E-state index contributed by atoms with van der Waals surface area (Å²) in [6, 6.07) is 0.534. The van der Waals surface area contributed by atoms with Crippen molar-refractivity contribution in [3.05, 3.63) is 11.9 Å². The van der Waals surface area contributed by atoms with Gasteiger partial charge in [-0.15, -0.1) is 0 Å². The molecule has 1 unspecified atom stereocenters. The third-order valence-corrected chi connectivity index (χ3v) is 4.01. The highest BCUT2D eigenvalue weighted by molar-refractivity contribution is 5.59. The van der Waals surface area contributed by atoms with Gasteiger partial charge in [-0.3, -0.25) is 0 Å². The van der Waals surface area contributed by atoms with Gasteiger partial charge < -0.3 is 10.6 Å². The molecular weight excluding hydrogens is 236 g/mol. The van der Waals surface area contributed by atoms with Crippen LogP contribution < -0.4 is 10.6 Å². The minimum atomic E-state index is 0.403. The molecule has 1 heterocycles. The highest BCUT2D eigenvalue weighted by Crippen LogP contribution is 2.39. The molecule has 1 saturated carbocycles. The minimum Gasteiger partial charge on any atom is -0.373 e. The fourth-order valence-corrected chi connectivity index (χ4v) is 3.01. The van der Waals surface area contributed by atoms with E-state index in [1.165, 1.54) is 24.8 Å². The number of hydrogen-bond donors (Lipinski definition) is 2. The lowest BCUT2D eigenvalue weighted by molar-refractivity contribution is 0.378. The van der Waals surface area contributed by atoms with Gasteiger partial charge in [-0.2, -0.15) is 0 Å². The SMILES string of the molecule is CNc1ncnc(NC2CCC(C)(C)C2)c1C(C)C. The van der Waals surface area contributed by atoms with Gasteiger partial charge in [0.15, 0.2) is 0 Å². The molecule has 2 N–H and O–H groups in total. The van der Waals surface area contributed by atoms with E-state index in [2.05, 4.69) is 48.3 Å². The van der Waals surface area contributed by atoms with Gasteiger partial charge in [0, 0.05) is 18.7 Å². The van der Waals surface area contributed by atoms with Crippen LogP contribution in [-0.4, -0.2) is 23.1 Å². The topological polar surface area (TPSA) is 49.8 Å². The predicted molar refractivity (Wildman–Crippen MR) is 80.7 cm³/mol. The number of hydrogen-bond acceptors (Lipinski definition) is 4. The monoisotopic (exact) mass is 262 g/mol. The molecule has 0 aromatic carbocycles. The van der Waals surface area contributed by atoms with Crippen molar-refractivity contribution >= 4 is 11.6 Å². The van der Waals surface area contributed by atoms with Crippen molar-refractivity contribution < 1.29 is 0 Å². The predicted octanol–water partition coefficient (Wildman–Crippen LogP) is 3.63. The van der Waals surface area contributed by atoms with Gasteiger partial charge in [0.05, 0.1) is 0 Å². The summed E-state index contributed by atoms with van der Waals surface area (Å²) in [5.74, 6) is 2.34. The first kappa shape index (κ1) is 14.1. The fourth-order valence-electron chi connectivity index (χ4n) is 3.01. The van der Waals surface area contributed by atoms with Crippen LogP contribution in [0.4, 0.5) is 11.6 Å². The standard InChI is InChI=1S/C15H26N4/c1-10(2)12-13(16-5)17-9-18-14(12)19-11-6-7-15(3,4)8-11/h9-11H,6-8H2,1-5H3,(H2,16,17,18,19). The second-order valence-corrected chi connectivity index (χ2v) is 6.64. The van der Waals surface area contributed by atoms with E-state index >= 15 is 0 Å². The smallest absolute Gasteiger partial charge is 0.135 e. The maximum absolute atomic E-state index is 4.46. The first-order valence-electron chi connectivity index (χ1n) is 7.22. The summed E-state index contributed by atoms with van der Waals surface area (Å²) in [7, 11) is 1.91. The van der Waals surface area contributed by atoms with E-state index in [-0.39, 0.29) is 0 Å². The Kier molecular flexibility index (Phi) is 3.97. The Bertz CT molecular complexity index is 440. The molecule has 1 aliphatic rings. The lowest BCUT2D eigenvalue weighted by Gasteiger charge is -2.21. The summed E-state index contributed by atoms with van der Waals surface area (Å²) in [6.07, 6.45) is 5.36. The molecule has 0 saturated heterocycles. The van der Waals surface area contributed by atoms with Crippen LogP contribution in [0.2, 0.25) is 0 Å². The molecule has 0 radical (unpaired) electrons. The van der Waals surface area contributed by atoms with Crippen molar-refractivity contribution in [2.75, 3.05) is 17.7 Å². The molecule has 0 amide bonds. The second-order valence-electron chi connectivity index (χ2n) is 6.64. The van der Waals surface area contributed by atoms with Gasteiger partial charge in [-0.1, -0.05) is 27.7 Å². The Morgan fingerprint density at radius 1 is 1.26 bits per heavy atom. The number of rotatable bonds is 4. The first-order chi connectivity index (χ1) is 8.93. The van der Waals surface area contributed by atoms with Gasteiger partial charge >= 0.3 is 0 Å². The quantitative estimate of drug-likeness (QED) is 0.870. The average Bonchev–Trinajstić information content (AvgIpc) is 2.68. The Morgan fingerprint density at radius 2 is 1.95 bits per heavy atom. The average molecular weight is 262 g/mol. The zero-order chi connectivity index (χ0) is 14.0. The molecule has 1 aromatic rings. The van der Waals surface area contributed by atoms with E-state index in [9.17, 15) is 0 Å². The van der Waals surface area contributed by atoms with E-state index in [4.69, 9.17) is 0 Å². The lowest BCUT2D eigenvalue weighted by atomic mass is 9.92. The number of aromatic nitrogens is 2. The van der Waals surface area contributed by atoms with Crippen molar-refractivity contribution in [3.63, 3.8) is 0 Å². The van der Waals surface area contributed by atoms with Gasteiger partial charge in [0.25, 0.3) is 0 Å². The van der Waals surface area contributed by atoms with Gasteiger partial charge in [0.2, 0.25) is 0 Å². The maximum atomic E-state index is 4.46. The highest BCUT2D eigenvalue weighted by Gasteiger charge is 2.31. The Balaban J connectivity index is 2.21. The van der Waals surface area contributed by atoms with Gasteiger partial charge in [-0.05, 0) is 30.6 Å². The lowest BCUT2D eigenvalue weighted by Crippen LogP contribution is -2.20. The van der Waals surface area contributed by atoms with Crippen LogP contribution in [-0.2, 0) is 0 Å². The van der Waals surface area contributed by atoms with Crippen molar-refractivity contribution in [2.45, 2.75) is 58.9 Å². The summed E-state index contributed by atoms with van der Waals surface area (Å²) in [4.78, 5) is 8.78. The van der Waals surface area contributed by atoms with E-state index in [0.29, 0.717) is 17.4 Å². The second kappa shape index (κ2) is 5.35. The number of anilines is 2. The summed E-state index contributed by atoms with van der Waals surface area (Å²) >= 11 is 0. The molecule has 4 heteroatoms. The maximum Gasteiger partial charge on any atom is 0.135 e. The van der Waals surface area contributed by atoms with Crippen LogP contribution in [0.25, 0.3) is 0 Å². The summed E-state index contributed by atoms with van der Waals surface area (Å²) in [5, 5.41) is 6.80. The molecule has 1 aliphatic carbocycles. The normalized spacial score (nSPS) is 21.7. The zero-order valence-corrected chi connectivity index (χ0v) is 12.7. The molecule has 19 heavy (non-hydrogen) atoms. The summed E-state index contributed by atoms with van der Waals surface area (Å²) in [5.41, 5.74) is 1.64. The van der Waals surface area contributed by atoms with Crippen molar-refractivity contribution in [3.8, 4) is 0 Å². The van der Waals surface area contributed by atoms with Crippen molar-refractivity contribution in [1.82, 2.24) is 9.97 Å².